The maximum absolute atomic E-state index is 12.5. The molecule has 0 spiro atoms. The number of para-hydroxylation sites is 2. The van der Waals surface area contributed by atoms with Crippen molar-refractivity contribution in [3.05, 3.63) is 58.9 Å². The van der Waals surface area contributed by atoms with Crippen LogP contribution in [0.1, 0.15) is 0 Å². The van der Waals surface area contributed by atoms with Gasteiger partial charge in [0.25, 0.3) is 5.56 Å². The molecule has 3 nitrogen and oxygen atoms in total. The Morgan fingerprint density at radius 1 is 1.00 bits per heavy atom. The minimum atomic E-state index is 0.00745. The summed E-state index contributed by atoms with van der Waals surface area (Å²) in [6, 6.07) is 15.4. The Morgan fingerprint density at radius 3 is 2.72 bits per heavy atom. The third-order valence-corrected chi connectivity index (χ3v) is 4.08. The smallest absolute Gasteiger partial charge is 0.266 e. The van der Waals surface area contributed by atoms with E-state index < -0.39 is 0 Å². The highest BCUT2D eigenvalue weighted by atomic mass is 32.1. The van der Waals surface area contributed by atoms with Gasteiger partial charge in [0.1, 0.15) is 0 Å². The Morgan fingerprint density at radius 2 is 1.78 bits per heavy atom. The molecule has 86 valence electrons. The van der Waals surface area contributed by atoms with Crippen LogP contribution >= 0.6 is 11.3 Å². The molecule has 0 saturated heterocycles. The standard InChI is InChI=1S/C14H8N2OS/c17-13-9-5-1-4-8-12(9)18-14-15-10-6-2-3-7-11(10)16(13)14/h1-8H. The summed E-state index contributed by atoms with van der Waals surface area (Å²) in [6.07, 6.45) is 0. The number of hydrogen-bond donors (Lipinski definition) is 0. The average molecular weight is 252 g/mol. The molecule has 18 heavy (non-hydrogen) atoms. The zero-order chi connectivity index (χ0) is 12.1. The number of imidazole rings is 1. The van der Waals surface area contributed by atoms with E-state index in [0.717, 1.165) is 26.1 Å². The largest absolute Gasteiger partial charge is 0.268 e. The van der Waals surface area contributed by atoms with E-state index in [2.05, 4.69) is 4.98 Å². The van der Waals surface area contributed by atoms with E-state index in [-0.39, 0.29) is 5.56 Å². The molecule has 0 aliphatic rings. The number of rotatable bonds is 0. The third-order valence-electron chi connectivity index (χ3n) is 3.05. The molecule has 4 heteroatoms. The average Bonchev–Trinajstić information content (AvgIpc) is 2.77. The van der Waals surface area contributed by atoms with Gasteiger partial charge in [-0.25, -0.2) is 9.38 Å². The quantitative estimate of drug-likeness (QED) is 0.482. The van der Waals surface area contributed by atoms with Crippen LogP contribution < -0.4 is 5.56 Å². The van der Waals surface area contributed by atoms with Crippen LogP contribution in [-0.4, -0.2) is 9.38 Å². The van der Waals surface area contributed by atoms with E-state index in [1.54, 1.807) is 15.7 Å². The first-order valence-electron chi connectivity index (χ1n) is 5.64. The van der Waals surface area contributed by atoms with E-state index in [1.165, 1.54) is 0 Å². The highest BCUT2D eigenvalue weighted by Crippen LogP contribution is 2.22. The van der Waals surface area contributed by atoms with Crippen LogP contribution in [0.5, 0.6) is 0 Å². The van der Waals surface area contributed by atoms with Crippen LogP contribution in [0.2, 0.25) is 0 Å². The molecule has 2 aromatic carbocycles. The van der Waals surface area contributed by atoms with E-state index in [0.29, 0.717) is 0 Å². The van der Waals surface area contributed by atoms with Gasteiger partial charge in [0.2, 0.25) is 0 Å². The van der Waals surface area contributed by atoms with Gasteiger partial charge in [-0.05, 0) is 24.3 Å². The van der Waals surface area contributed by atoms with Gasteiger partial charge in [-0.1, -0.05) is 35.6 Å². The van der Waals surface area contributed by atoms with Gasteiger partial charge in [-0.2, -0.15) is 0 Å². The number of hydrogen-bond acceptors (Lipinski definition) is 3. The molecule has 0 unspecified atom stereocenters. The van der Waals surface area contributed by atoms with Crippen molar-refractivity contribution >= 4 is 37.4 Å². The molecule has 0 N–H and O–H groups in total. The molecule has 4 aromatic rings. The van der Waals surface area contributed by atoms with Crippen molar-refractivity contribution in [1.29, 1.82) is 0 Å². The summed E-state index contributed by atoms with van der Waals surface area (Å²) in [7, 11) is 0. The van der Waals surface area contributed by atoms with Gasteiger partial charge >= 0.3 is 0 Å². The lowest BCUT2D eigenvalue weighted by molar-refractivity contribution is 1.20. The molecule has 0 bridgehead atoms. The zero-order valence-electron chi connectivity index (χ0n) is 9.33. The SMILES string of the molecule is O=c1c2ccccc2sc2nc3ccccc3n12. The van der Waals surface area contributed by atoms with Crippen molar-refractivity contribution in [3.63, 3.8) is 0 Å². The monoisotopic (exact) mass is 252 g/mol. The first-order chi connectivity index (χ1) is 8.84. The topological polar surface area (TPSA) is 34.4 Å². The van der Waals surface area contributed by atoms with Gasteiger partial charge in [0.15, 0.2) is 4.96 Å². The Kier molecular flexibility index (Phi) is 1.85. The summed E-state index contributed by atoms with van der Waals surface area (Å²) in [4.78, 5) is 17.8. The maximum Gasteiger partial charge on any atom is 0.266 e. The van der Waals surface area contributed by atoms with Gasteiger partial charge in [0.05, 0.1) is 16.4 Å². The van der Waals surface area contributed by atoms with Crippen LogP contribution in [0.4, 0.5) is 0 Å². The zero-order valence-corrected chi connectivity index (χ0v) is 10.1. The minimum absolute atomic E-state index is 0.00745. The molecule has 0 radical (unpaired) electrons. The number of benzene rings is 2. The van der Waals surface area contributed by atoms with E-state index in [4.69, 9.17) is 0 Å². The van der Waals surface area contributed by atoms with Crippen molar-refractivity contribution in [2.24, 2.45) is 0 Å². The van der Waals surface area contributed by atoms with Crippen molar-refractivity contribution in [2.45, 2.75) is 0 Å². The first-order valence-corrected chi connectivity index (χ1v) is 6.45. The molecule has 0 aliphatic heterocycles. The van der Waals surface area contributed by atoms with Crippen LogP contribution in [-0.2, 0) is 0 Å². The predicted molar refractivity (Wildman–Crippen MR) is 74.4 cm³/mol. The van der Waals surface area contributed by atoms with Crippen molar-refractivity contribution in [2.75, 3.05) is 0 Å². The fraction of sp³-hybridized carbons (Fsp3) is 0. The van der Waals surface area contributed by atoms with Crippen molar-refractivity contribution in [3.8, 4) is 0 Å². The lowest BCUT2D eigenvalue weighted by Crippen LogP contribution is -2.11. The minimum Gasteiger partial charge on any atom is -0.268 e. The Hall–Kier alpha value is -2.20. The fourth-order valence-electron chi connectivity index (χ4n) is 2.22. The number of aromatic nitrogens is 2. The highest BCUT2D eigenvalue weighted by molar-refractivity contribution is 7.23. The second-order valence-electron chi connectivity index (χ2n) is 4.12. The van der Waals surface area contributed by atoms with E-state index >= 15 is 0 Å². The summed E-state index contributed by atoms with van der Waals surface area (Å²) in [5.41, 5.74) is 1.74. The number of nitrogens with zero attached hydrogens (tertiary/aromatic N) is 2. The molecule has 2 heterocycles. The molecule has 0 amide bonds. The second-order valence-corrected chi connectivity index (χ2v) is 5.13. The molecule has 4 rings (SSSR count). The highest BCUT2D eigenvalue weighted by Gasteiger charge is 2.10. The van der Waals surface area contributed by atoms with E-state index in [9.17, 15) is 4.79 Å². The molecular formula is C14H8N2OS. The van der Waals surface area contributed by atoms with Crippen molar-refractivity contribution < 1.29 is 0 Å². The van der Waals surface area contributed by atoms with Gasteiger partial charge < -0.3 is 0 Å². The Labute approximate surface area is 106 Å². The molecule has 0 fully saturated rings. The van der Waals surface area contributed by atoms with Gasteiger partial charge in [-0.3, -0.25) is 4.79 Å². The van der Waals surface area contributed by atoms with Crippen molar-refractivity contribution in [1.82, 2.24) is 9.38 Å². The van der Waals surface area contributed by atoms with E-state index in [1.807, 2.05) is 48.5 Å². The Bertz CT molecular complexity index is 952. The first kappa shape index (κ1) is 9.79. The third kappa shape index (κ3) is 1.18. The van der Waals surface area contributed by atoms with Gasteiger partial charge in [-0.15, -0.1) is 0 Å². The maximum atomic E-state index is 12.5. The van der Waals surface area contributed by atoms with Crippen LogP contribution in [0, 0.1) is 0 Å². The lowest BCUT2D eigenvalue weighted by Gasteiger charge is -1.97. The van der Waals surface area contributed by atoms with Crippen LogP contribution in [0.15, 0.2) is 53.3 Å². The molecule has 0 saturated carbocycles. The summed E-state index contributed by atoms with van der Waals surface area (Å²) in [6.45, 7) is 0. The lowest BCUT2D eigenvalue weighted by atomic mass is 10.3. The normalized spacial score (nSPS) is 11.6. The summed E-state index contributed by atoms with van der Waals surface area (Å²) >= 11 is 1.54. The summed E-state index contributed by atoms with van der Waals surface area (Å²) < 4.78 is 2.67. The Balaban J connectivity index is 2.39. The molecular weight excluding hydrogens is 244 g/mol. The van der Waals surface area contributed by atoms with Crippen LogP contribution in [0.25, 0.3) is 26.1 Å². The molecule has 2 aromatic heterocycles. The molecule has 0 atom stereocenters. The van der Waals surface area contributed by atoms with Crippen LogP contribution in [0.3, 0.4) is 0 Å². The van der Waals surface area contributed by atoms with Gasteiger partial charge in [0, 0.05) is 4.70 Å². The molecule has 0 aliphatic carbocycles. The summed E-state index contributed by atoms with van der Waals surface area (Å²) in [5.74, 6) is 0. The fourth-order valence-corrected chi connectivity index (χ4v) is 3.24. The second kappa shape index (κ2) is 3.40. The predicted octanol–water partition coefficient (Wildman–Crippen LogP) is 3.06. The summed E-state index contributed by atoms with van der Waals surface area (Å²) in [5, 5.41) is 0.748. The number of fused-ring (bicyclic) bond motifs is 4.